The summed E-state index contributed by atoms with van der Waals surface area (Å²) in [6.45, 7) is 2.81. The van der Waals surface area contributed by atoms with Gasteiger partial charge >= 0.3 is 0 Å². The van der Waals surface area contributed by atoms with E-state index in [9.17, 15) is 0 Å². The highest BCUT2D eigenvalue weighted by Gasteiger charge is 2.13. The van der Waals surface area contributed by atoms with Crippen molar-refractivity contribution in [1.82, 2.24) is 9.97 Å². The maximum Gasteiger partial charge on any atom is 0.110 e. The molecule has 18 heavy (non-hydrogen) atoms. The van der Waals surface area contributed by atoms with Crippen molar-refractivity contribution in [2.24, 2.45) is 5.73 Å². The lowest BCUT2D eigenvalue weighted by Crippen LogP contribution is -2.13. The molecule has 3 N–H and O–H groups in total. The van der Waals surface area contributed by atoms with Gasteiger partial charge in [0.2, 0.25) is 0 Å². The van der Waals surface area contributed by atoms with E-state index in [4.69, 9.17) is 5.73 Å². The first-order valence-electron chi connectivity index (χ1n) is 6.25. The second kappa shape index (κ2) is 6.16. The molecule has 0 aliphatic heterocycles. The summed E-state index contributed by atoms with van der Waals surface area (Å²) in [5, 5.41) is 0. The van der Waals surface area contributed by atoms with Crippen molar-refractivity contribution in [3.05, 3.63) is 40.8 Å². The van der Waals surface area contributed by atoms with Crippen molar-refractivity contribution in [1.29, 1.82) is 0 Å². The molecule has 0 spiro atoms. The summed E-state index contributed by atoms with van der Waals surface area (Å²) in [6.07, 6.45) is 4.08. The molecule has 1 unspecified atom stereocenters. The minimum absolute atomic E-state index is 0.330. The average molecular weight is 308 g/mol. The number of nitrogens with zero attached hydrogens (tertiary/aromatic N) is 1. The summed E-state index contributed by atoms with van der Waals surface area (Å²) in [6, 6.07) is 8.18. The van der Waals surface area contributed by atoms with E-state index >= 15 is 0 Å². The van der Waals surface area contributed by atoms with Crippen LogP contribution in [0.2, 0.25) is 0 Å². The quantitative estimate of drug-likeness (QED) is 0.885. The van der Waals surface area contributed by atoms with Crippen LogP contribution in [0, 0.1) is 0 Å². The molecular formula is C14H18BrN3. The molecule has 0 saturated heterocycles. The zero-order valence-corrected chi connectivity index (χ0v) is 12.1. The first-order chi connectivity index (χ1) is 8.74. The lowest BCUT2D eigenvalue weighted by atomic mass is 10.0. The lowest BCUT2D eigenvalue weighted by molar-refractivity contribution is 0.595. The topological polar surface area (TPSA) is 54.7 Å². The third-order valence-corrected chi connectivity index (χ3v) is 3.53. The van der Waals surface area contributed by atoms with Crippen LogP contribution in [0.5, 0.6) is 0 Å². The van der Waals surface area contributed by atoms with E-state index in [0.717, 1.165) is 34.4 Å². The molecule has 2 aromatic rings. The zero-order chi connectivity index (χ0) is 13.0. The SMILES string of the molecule is CCCC(CN)c1ncc(-c2cccc(Br)c2)[nH]1. The molecule has 0 radical (unpaired) electrons. The summed E-state index contributed by atoms with van der Waals surface area (Å²) >= 11 is 3.48. The fourth-order valence-electron chi connectivity index (χ4n) is 2.06. The van der Waals surface area contributed by atoms with Crippen LogP contribution in [-0.4, -0.2) is 16.5 Å². The third-order valence-electron chi connectivity index (χ3n) is 3.04. The van der Waals surface area contributed by atoms with E-state index < -0.39 is 0 Å². The summed E-state index contributed by atoms with van der Waals surface area (Å²) < 4.78 is 1.07. The van der Waals surface area contributed by atoms with Crippen molar-refractivity contribution < 1.29 is 0 Å². The standard InChI is InChI=1S/C14H18BrN3/c1-2-4-11(8-16)14-17-9-13(18-14)10-5-3-6-12(15)7-10/h3,5-7,9,11H,2,4,8,16H2,1H3,(H,17,18). The van der Waals surface area contributed by atoms with Gasteiger partial charge in [0.15, 0.2) is 0 Å². The van der Waals surface area contributed by atoms with E-state index in [1.165, 1.54) is 0 Å². The molecule has 2 rings (SSSR count). The van der Waals surface area contributed by atoms with Crippen LogP contribution in [-0.2, 0) is 0 Å². The fraction of sp³-hybridized carbons (Fsp3) is 0.357. The second-order valence-corrected chi connectivity index (χ2v) is 5.33. The Morgan fingerprint density at radius 1 is 1.44 bits per heavy atom. The minimum Gasteiger partial charge on any atom is -0.342 e. The highest BCUT2D eigenvalue weighted by molar-refractivity contribution is 9.10. The number of rotatable bonds is 5. The van der Waals surface area contributed by atoms with Gasteiger partial charge in [-0.15, -0.1) is 0 Å². The Morgan fingerprint density at radius 2 is 2.28 bits per heavy atom. The molecule has 0 bridgehead atoms. The van der Waals surface area contributed by atoms with Crippen molar-refractivity contribution in [3.63, 3.8) is 0 Å². The second-order valence-electron chi connectivity index (χ2n) is 4.41. The molecule has 1 heterocycles. The van der Waals surface area contributed by atoms with Gasteiger partial charge in [0.05, 0.1) is 11.9 Å². The number of nitrogens with one attached hydrogen (secondary N) is 1. The maximum atomic E-state index is 5.80. The highest BCUT2D eigenvalue weighted by Crippen LogP contribution is 2.24. The van der Waals surface area contributed by atoms with E-state index in [1.54, 1.807) is 0 Å². The fourth-order valence-corrected chi connectivity index (χ4v) is 2.46. The van der Waals surface area contributed by atoms with Crippen LogP contribution >= 0.6 is 15.9 Å². The molecule has 1 aromatic heterocycles. The third kappa shape index (κ3) is 3.00. The van der Waals surface area contributed by atoms with Crippen LogP contribution in [0.1, 0.15) is 31.5 Å². The molecule has 1 atom stereocenters. The molecular weight excluding hydrogens is 290 g/mol. The Labute approximate surface area is 116 Å². The molecule has 0 fully saturated rings. The summed E-state index contributed by atoms with van der Waals surface area (Å²) in [4.78, 5) is 7.84. The summed E-state index contributed by atoms with van der Waals surface area (Å²) in [7, 11) is 0. The number of benzene rings is 1. The predicted molar refractivity (Wildman–Crippen MR) is 78.4 cm³/mol. The lowest BCUT2D eigenvalue weighted by Gasteiger charge is -2.09. The molecule has 0 amide bonds. The number of aromatic amines is 1. The van der Waals surface area contributed by atoms with Crippen molar-refractivity contribution in [2.75, 3.05) is 6.54 Å². The highest BCUT2D eigenvalue weighted by atomic mass is 79.9. The van der Waals surface area contributed by atoms with Crippen molar-refractivity contribution in [2.45, 2.75) is 25.7 Å². The largest absolute Gasteiger partial charge is 0.342 e. The van der Waals surface area contributed by atoms with Gasteiger partial charge in [-0.05, 0) is 18.6 Å². The van der Waals surface area contributed by atoms with Gasteiger partial charge in [-0.1, -0.05) is 41.4 Å². The summed E-state index contributed by atoms with van der Waals surface area (Å²) in [5.41, 5.74) is 7.97. The molecule has 1 aromatic carbocycles. The van der Waals surface area contributed by atoms with Crippen molar-refractivity contribution in [3.8, 4) is 11.3 Å². The average Bonchev–Trinajstić information content (AvgIpc) is 2.85. The normalized spacial score (nSPS) is 12.6. The Bertz CT molecular complexity index is 507. The number of nitrogens with two attached hydrogens (primary N) is 1. The summed E-state index contributed by atoms with van der Waals surface area (Å²) in [5.74, 6) is 1.32. The van der Waals surface area contributed by atoms with E-state index in [2.05, 4.69) is 45.0 Å². The van der Waals surface area contributed by atoms with E-state index in [0.29, 0.717) is 12.5 Å². The van der Waals surface area contributed by atoms with Gasteiger partial charge in [-0.2, -0.15) is 0 Å². The minimum atomic E-state index is 0.330. The van der Waals surface area contributed by atoms with E-state index in [1.807, 2.05) is 18.3 Å². The monoisotopic (exact) mass is 307 g/mol. The molecule has 96 valence electrons. The van der Waals surface area contributed by atoms with E-state index in [-0.39, 0.29) is 0 Å². The Kier molecular flexibility index (Phi) is 4.55. The molecule has 0 saturated carbocycles. The van der Waals surface area contributed by atoms with Crippen LogP contribution in [0.15, 0.2) is 34.9 Å². The first-order valence-corrected chi connectivity index (χ1v) is 7.04. The predicted octanol–water partition coefficient (Wildman–Crippen LogP) is 3.68. The van der Waals surface area contributed by atoms with Gasteiger partial charge in [0.1, 0.15) is 5.82 Å². The number of halogens is 1. The maximum absolute atomic E-state index is 5.80. The van der Waals surface area contributed by atoms with Crippen LogP contribution in [0.25, 0.3) is 11.3 Å². The smallest absolute Gasteiger partial charge is 0.110 e. The molecule has 4 heteroatoms. The van der Waals surface area contributed by atoms with Crippen LogP contribution < -0.4 is 5.73 Å². The van der Waals surface area contributed by atoms with Crippen LogP contribution in [0.3, 0.4) is 0 Å². The molecule has 3 nitrogen and oxygen atoms in total. The van der Waals surface area contributed by atoms with Gasteiger partial charge < -0.3 is 10.7 Å². The Balaban J connectivity index is 2.24. The Hall–Kier alpha value is -1.13. The van der Waals surface area contributed by atoms with Crippen LogP contribution in [0.4, 0.5) is 0 Å². The first kappa shape index (κ1) is 13.3. The van der Waals surface area contributed by atoms with Crippen molar-refractivity contribution >= 4 is 15.9 Å². The number of imidazole rings is 1. The Morgan fingerprint density at radius 3 is 2.94 bits per heavy atom. The van der Waals surface area contributed by atoms with Gasteiger partial charge in [-0.3, -0.25) is 0 Å². The number of hydrogen-bond donors (Lipinski definition) is 2. The molecule has 0 aliphatic rings. The zero-order valence-electron chi connectivity index (χ0n) is 10.5. The number of hydrogen-bond acceptors (Lipinski definition) is 2. The number of aromatic nitrogens is 2. The van der Waals surface area contributed by atoms with Gasteiger partial charge in [0, 0.05) is 22.5 Å². The van der Waals surface area contributed by atoms with Gasteiger partial charge in [-0.25, -0.2) is 4.98 Å². The molecule has 0 aliphatic carbocycles. The van der Waals surface area contributed by atoms with Gasteiger partial charge in [0.25, 0.3) is 0 Å². The number of H-pyrrole nitrogens is 1.